The first kappa shape index (κ1) is 15.9. The standard InChI is InChI=1S/C19H25N3O/c1-19(2,3)18-20-11-15-8-9-22(13-17(15)21-18)12-14-6-5-7-16(10-14)23-4/h5-7,10-11H,8-9,12-13H2,1-4H3. The lowest BCUT2D eigenvalue weighted by molar-refractivity contribution is 0.239. The maximum absolute atomic E-state index is 5.31. The maximum atomic E-state index is 5.31. The molecule has 0 fully saturated rings. The fourth-order valence-corrected chi connectivity index (χ4v) is 2.88. The fraction of sp³-hybridized carbons (Fsp3) is 0.474. The Bertz CT molecular complexity index is 691. The van der Waals surface area contributed by atoms with Crippen molar-refractivity contribution in [3.63, 3.8) is 0 Å². The molecule has 1 aromatic heterocycles. The minimum Gasteiger partial charge on any atom is -0.497 e. The summed E-state index contributed by atoms with van der Waals surface area (Å²) in [7, 11) is 1.71. The molecule has 4 heteroatoms. The summed E-state index contributed by atoms with van der Waals surface area (Å²) in [5.41, 5.74) is 3.74. The third-order valence-electron chi connectivity index (χ3n) is 4.24. The molecule has 0 radical (unpaired) electrons. The second kappa shape index (κ2) is 6.28. The number of hydrogen-bond acceptors (Lipinski definition) is 4. The van der Waals surface area contributed by atoms with Crippen molar-refractivity contribution in [1.82, 2.24) is 14.9 Å². The van der Waals surface area contributed by atoms with Crippen LogP contribution in [-0.2, 0) is 24.9 Å². The molecule has 0 saturated heterocycles. The van der Waals surface area contributed by atoms with E-state index in [1.54, 1.807) is 7.11 Å². The number of aromatic nitrogens is 2. The van der Waals surface area contributed by atoms with Crippen molar-refractivity contribution in [2.45, 2.75) is 45.7 Å². The monoisotopic (exact) mass is 311 g/mol. The molecule has 1 aliphatic rings. The lowest BCUT2D eigenvalue weighted by atomic mass is 9.95. The van der Waals surface area contributed by atoms with Gasteiger partial charge in [0.25, 0.3) is 0 Å². The summed E-state index contributed by atoms with van der Waals surface area (Å²) in [6, 6.07) is 8.29. The van der Waals surface area contributed by atoms with Gasteiger partial charge in [0.1, 0.15) is 11.6 Å². The lowest BCUT2D eigenvalue weighted by Crippen LogP contribution is -2.32. The van der Waals surface area contributed by atoms with Gasteiger partial charge in [-0.3, -0.25) is 4.90 Å². The zero-order valence-electron chi connectivity index (χ0n) is 14.5. The molecule has 1 aliphatic heterocycles. The molecule has 0 spiro atoms. The molecule has 1 aromatic carbocycles. The Kier molecular flexibility index (Phi) is 4.35. The van der Waals surface area contributed by atoms with Gasteiger partial charge in [-0.15, -0.1) is 0 Å². The second-order valence-electron chi connectivity index (χ2n) is 7.23. The Labute approximate surface area is 138 Å². The van der Waals surface area contributed by atoms with Crippen molar-refractivity contribution in [3.05, 3.63) is 53.1 Å². The van der Waals surface area contributed by atoms with Gasteiger partial charge in [0.15, 0.2) is 0 Å². The minimum atomic E-state index is -0.00982. The van der Waals surface area contributed by atoms with E-state index in [2.05, 4.69) is 42.8 Å². The molecule has 4 nitrogen and oxygen atoms in total. The van der Waals surface area contributed by atoms with Gasteiger partial charge in [0.2, 0.25) is 0 Å². The van der Waals surface area contributed by atoms with Gasteiger partial charge < -0.3 is 4.74 Å². The number of ether oxygens (including phenoxy) is 1. The van der Waals surface area contributed by atoms with Crippen LogP contribution in [0.15, 0.2) is 30.5 Å². The average molecular weight is 311 g/mol. The highest BCUT2D eigenvalue weighted by atomic mass is 16.5. The zero-order valence-corrected chi connectivity index (χ0v) is 14.5. The molecule has 0 saturated carbocycles. The Morgan fingerprint density at radius 1 is 1.26 bits per heavy atom. The summed E-state index contributed by atoms with van der Waals surface area (Å²) in [6.07, 6.45) is 3.04. The van der Waals surface area contributed by atoms with Crippen LogP contribution in [0.25, 0.3) is 0 Å². The molecule has 0 bridgehead atoms. The van der Waals surface area contributed by atoms with Crippen LogP contribution in [0, 0.1) is 0 Å². The highest BCUT2D eigenvalue weighted by molar-refractivity contribution is 5.29. The molecule has 0 N–H and O–H groups in total. The molecule has 0 amide bonds. The predicted octanol–water partition coefficient (Wildman–Crippen LogP) is 3.34. The van der Waals surface area contributed by atoms with Gasteiger partial charge in [-0.1, -0.05) is 32.9 Å². The van der Waals surface area contributed by atoms with E-state index >= 15 is 0 Å². The minimum absolute atomic E-state index is 0.00982. The first-order valence-corrected chi connectivity index (χ1v) is 8.16. The molecular formula is C19H25N3O. The molecule has 23 heavy (non-hydrogen) atoms. The number of methoxy groups -OCH3 is 1. The number of hydrogen-bond donors (Lipinski definition) is 0. The van der Waals surface area contributed by atoms with E-state index in [0.717, 1.165) is 37.6 Å². The maximum Gasteiger partial charge on any atom is 0.133 e. The number of fused-ring (bicyclic) bond motifs is 1. The van der Waals surface area contributed by atoms with Gasteiger partial charge in [0.05, 0.1) is 12.8 Å². The lowest BCUT2D eigenvalue weighted by Gasteiger charge is -2.29. The van der Waals surface area contributed by atoms with Crippen molar-refractivity contribution in [3.8, 4) is 5.75 Å². The molecule has 0 atom stereocenters. The van der Waals surface area contributed by atoms with E-state index in [9.17, 15) is 0 Å². The molecular weight excluding hydrogens is 286 g/mol. The summed E-state index contributed by atoms with van der Waals surface area (Å²) in [5.74, 6) is 1.84. The van der Waals surface area contributed by atoms with Crippen LogP contribution in [0.1, 0.15) is 43.4 Å². The van der Waals surface area contributed by atoms with Crippen LogP contribution in [0.5, 0.6) is 5.75 Å². The average Bonchev–Trinajstić information content (AvgIpc) is 2.53. The van der Waals surface area contributed by atoms with Crippen LogP contribution < -0.4 is 4.74 Å². The highest BCUT2D eigenvalue weighted by Crippen LogP contribution is 2.23. The van der Waals surface area contributed by atoms with Crippen molar-refractivity contribution < 1.29 is 4.74 Å². The second-order valence-corrected chi connectivity index (χ2v) is 7.23. The Hall–Kier alpha value is -1.94. The SMILES string of the molecule is COc1cccc(CN2CCc3cnc(C(C)(C)C)nc3C2)c1. The number of rotatable bonds is 3. The quantitative estimate of drug-likeness (QED) is 0.871. The Morgan fingerprint density at radius 2 is 2.09 bits per heavy atom. The van der Waals surface area contributed by atoms with E-state index in [4.69, 9.17) is 9.72 Å². The van der Waals surface area contributed by atoms with E-state index in [1.165, 1.54) is 16.8 Å². The van der Waals surface area contributed by atoms with Crippen LogP contribution in [0.2, 0.25) is 0 Å². The van der Waals surface area contributed by atoms with Crippen LogP contribution in [-0.4, -0.2) is 28.5 Å². The van der Waals surface area contributed by atoms with Crippen LogP contribution in [0.3, 0.4) is 0 Å². The summed E-state index contributed by atoms with van der Waals surface area (Å²) < 4.78 is 5.31. The Balaban J connectivity index is 1.76. The largest absolute Gasteiger partial charge is 0.497 e. The van der Waals surface area contributed by atoms with E-state index < -0.39 is 0 Å². The van der Waals surface area contributed by atoms with Gasteiger partial charge in [-0.05, 0) is 29.7 Å². The molecule has 122 valence electrons. The van der Waals surface area contributed by atoms with Crippen molar-refractivity contribution in [2.75, 3.05) is 13.7 Å². The molecule has 0 aliphatic carbocycles. The molecule has 0 unspecified atom stereocenters. The Morgan fingerprint density at radius 3 is 2.83 bits per heavy atom. The summed E-state index contributed by atoms with van der Waals surface area (Å²) >= 11 is 0. The first-order chi connectivity index (χ1) is 11.0. The smallest absolute Gasteiger partial charge is 0.133 e. The zero-order chi connectivity index (χ0) is 16.4. The van der Waals surface area contributed by atoms with Crippen molar-refractivity contribution in [2.24, 2.45) is 0 Å². The van der Waals surface area contributed by atoms with Crippen molar-refractivity contribution in [1.29, 1.82) is 0 Å². The summed E-state index contributed by atoms with van der Waals surface area (Å²) in [4.78, 5) is 11.8. The number of benzene rings is 1. The highest BCUT2D eigenvalue weighted by Gasteiger charge is 2.23. The molecule has 3 rings (SSSR count). The van der Waals surface area contributed by atoms with Gasteiger partial charge in [0, 0.05) is 31.2 Å². The predicted molar refractivity (Wildman–Crippen MR) is 91.5 cm³/mol. The third-order valence-corrected chi connectivity index (χ3v) is 4.24. The van der Waals surface area contributed by atoms with E-state index in [-0.39, 0.29) is 5.41 Å². The van der Waals surface area contributed by atoms with Gasteiger partial charge in [-0.25, -0.2) is 9.97 Å². The van der Waals surface area contributed by atoms with E-state index in [1.807, 2.05) is 18.3 Å². The number of nitrogens with zero attached hydrogens (tertiary/aromatic N) is 3. The van der Waals surface area contributed by atoms with Crippen molar-refractivity contribution >= 4 is 0 Å². The molecule has 2 aromatic rings. The molecule has 2 heterocycles. The third kappa shape index (κ3) is 3.70. The normalized spacial score (nSPS) is 15.3. The van der Waals surface area contributed by atoms with Gasteiger partial charge in [-0.2, -0.15) is 0 Å². The first-order valence-electron chi connectivity index (χ1n) is 8.16. The van der Waals surface area contributed by atoms with E-state index in [0.29, 0.717) is 0 Å². The van der Waals surface area contributed by atoms with Gasteiger partial charge >= 0.3 is 0 Å². The summed E-state index contributed by atoms with van der Waals surface area (Å²) in [6.45, 7) is 9.33. The van der Waals surface area contributed by atoms with Crippen LogP contribution in [0.4, 0.5) is 0 Å². The fourth-order valence-electron chi connectivity index (χ4n) is 2.88. The topological polar surface area (TPSA) is 38.2 Å². The van der Waals surface area contributed by atoms with Crippen LogP contribution >= 0.6 is 0 Å². The summed E-state index contributed by atoms with van der Waals surface area (Å²) in [5, 5.41) is 0.